The second-order valence-electron chi connectivity index (χ2n) is 12.0. The van der Waals surface area contributed by atoms with Gasteiger partial charge in [0, 0.05) is 12.3 Å². The predicted molar refractivity (Wildman–Crippen MR) is 143 cm³/mol. The van der Waals surface area contributed by atoms with Gasteiger partial charge in [-0.25, -0.2) is 4.98 Å². The third kappa shape index (κ3) is 5.00. The first kappa shape index (κ1) is 27.3. The molecule has 2 heterocycles. The normalized spacial score (nSPS) is 25.1. The molecule has 1 fully saturated rings. The average Bonchev–Trinajstić information content (AvgIpc) is 3.19. The molecule has 3 rings (SSSR count). The van der Waals surface area contributed by atoms with Crippen molar-refractivity contribution in [1.29, 1.82) is 0 Å². The van der Waals surface area contributed by atoms with Crippen molar-refractivity contribution >= 4 is 46.8 Å². The molecule has 2 radical (unpaired) electrons. The van der Waals surface area contributed by atoms with Crippen molar-refractivity contribution in [3.63, 3.8) is 0 Å². The molecule has 0 amide bonds. The summed E-state index contributed by atoms with van der Waals surface area (Å²) < 4.78 is 15.6. The molecular weight excluding hydrogens is 482 g/mol. The van der Waals surface area contributed by atoms with Crippen molar-refractivity contribution in [2.24, 2.45) is 22.7 Å². The Labute approximate surface area is 213 Å². The van der Waals surface area contributed by atoms with Gasteiger partial charge in [-0.3, -0.25) is 4.57 Å². The van der Waals surface area contributed by atoms with Crippen molar-refractivity contribution in [1.82, 2.24) is 19.5 Å². The summed E-state index contributed by atoms with van der Waals surface area (Å²) in [4.78, 5) is 13.2. The number of halogens is 1. The van der Waals surface area contributed by atoms with Gasteiger partial charge in [-0.1, -0.05) is 59.7 Å². The van der Waals surface area contributed by atoms with E-state index in [2.05, 4.69) is 82.7 Å². The van der Waals surface area contributed by atoms with Crippen LogP contribution in [0.1, 0.15) is 48.0 Å². The minimum atomic E-state index is -1.15. The Hall–Kier alpha value is -1.27. The number of hydrogen-bond donors (Lipinski definition) is 1. The summed E-state index contributed by atoms with van der Waals surface area (Å²) in [6.45, 7) is 27.1. The maximum atomic E-state index is 6.90. The second-order valence-corrected chi connectivity index (χ2v) is 16.4. The smallest absolute Gasteiger partial charge is 0.223 e. The number of imidazole rings is 1. The molecule has 1 aliphatic rings. The Balaban J connectivity index is 2.30. The molecule has 0 aromatic carbocycles. The van der Waals surface area contributed by atoms with Crippen LogP contribution in [0.15, 0.2) is 18.5 Å². The van der Waals surface area contributed by atoms with E-state index in [0.29, 0.717) is 11.2 Å². The van der Waals surface area contributed by atoms with Crippen LogP contribution in [0.4, 0.5) is 5.95 Å². The molecule has 1 saturated carbocycles. The van der Waals surface area contributed by atoms with Crippen LogP contribution in [-0.4, -0.2) is 43.7 Å². The van der Waals surface area contributed by atoms with Crippen molar-refractivity contribution in [2.45, 2.75) is 86.0 Å². The Bertz CT molecular complexity index is 1060. The van der Waals surface area contributed by atoms with E-state index in [4.69, 9.17) is 32.8 Å². The fraction of sp³-hybridized carbons (Fsp3) is 0.708. The Morgan fingerprint density at radius 3 is 2.26 bits per heavy atom. The highest BCUT2D eigenvalue weighted by atomic mass is 35.5. The van der Waals surface area contributed by atoms with Gasteiger partial charge in [0.15, 0.2) is 16.5 Å². The molecule has 0 aliphatic heterocycles. The van der Waals surface area contributed by atoms with Crippen molar-refractivity contribution in [3.8, 4) is 0 Å². The molecule has 0 saturated heterocycles. The molecule has 2 aromatic rings. The number of aromatic nitrogens is 4. The van der Waals surface area contributed by atoms with Gasteiger partial charge in [-0.15, -0.1) is 0 Å². The summed E-state index contributed by atoms with van der Waals surface area (Å²) in [5.74, 6) is 0.466. The summed E-state index contributed by atoms with van der Waals surface area (Å²) in [7, 11) is -2.10. The molecule has 34 heavy (non-hydrogen) atoms. The maximum absolute atomic E-state index is 6.90. The van der Waals surface area contributed by atoms with E-state index >= 15 is 0 Å². The predicted octanol–water partition coefficient (Wildman–Crippen LogP) is 5.90. The van der Waals surface area contributed by atoms with Crippen LogP contribution in [0, 0.1) is 22.7 Å². The standard InChI is InChI=1S/C24H40ClN5O2Si2/c1-14-16(18(23(5,6)7)31-33(8)9)15(22(2,3)4)12-24(14,32-34(10)11)30-13-27-17-19(25)28-21(26)29-20(17)30/h13,15-16,18H,1,12H2,2-11H3,(H2,26,28,29)/t15-,16-,18?,24-/m0/s1. The highest BCUT2D eigenvalue weighted by Crippen LogP contribution is 2.58. The van der Waals surface area contributed by atoms with Gasteiger partial charge in [-0.05, 0) is 48.5 Å². The van der Waals surface area contributed by atoms with E-state index in [9.17, 15) is 0 Å². The molecule has 2 aromatic heterocycles. The lowest BCUT2D eigenvalue weighted by Gasteiger charge is -2.43. The van der Waals surface area contributed by atoms with Gasteiger partial charge < -0.3 is 14.6 Å². The van der Waals surface area contributed by atoms with Crippen LogP contribution in [0.3, 0.4) is 0 Å². The first-order valence-electron chi connectivity index (χ1n) is 11.8. The van der Waals surface area contributed by atoms with Gasteiger partial charge >= 0.3 is 0 Å². The van der Waals surface area contributed by atoms with E-state index in [0.717, 1.165) is 12.0 Å². The van der Waals surface area contributed by atoms with E-state index in [-0.39, 0.29) is 39.9 Å². The lowest BCUT2D eigenvalue weighted by molar-refractivity contribution is 0.00573. The van der Waals surface area contributed by atoms with Crippen LogP contribution in [0.5, 0.6) is 0 Å². The molecule has 1 aliphatic carbocycles. The molecule has 0 bridgehead atoms. The van der Waals surface area contributed by atoms with Gasteiger partial charge in [0.2, 0.25) is 24.0 Å². The van der Waals surface area contributed by atoms with Gasteiger partial charge in [-0.2, -0.15) is 9.97 Å². The number of hydrogen-bond acceptors (Lipinski definition) is 6. The molecule has 1 unspecified atom stereocenters. The van der Waals surface area contributed by atoms with Gasteiger partial charge in [0.05, 0.1) is 12.4 Å². The molecular formula is C24H40ClN5O2Si2. The van der Waals surface area contributed by atoms with Crippen molar-refractivity contribution in [2.75, 3.05) is 5.73 Å². The molecule has 188 valence electrons. The monoisotopic (exact) mass is 521 g/mol. The molecule has 7 nitrogen and oxygen atoms in total. The van der Waals surface area contributed by atoms with Crippen LogP contribution in [-0.2, 0) is 14.6 Å². The largest absolute Gasteiger partial charge is 0.413 e. The molecule has 10 heteroatoms. The lowest BCUT2D eigenvalue weighted by atomic mass is 9.68. The minimum absolute atomic E-state index is 0.000965. The van der Waals surface area contributed by atoms with E-state index in [1.165, 1.54) is 0 Å². The first-order chi connectivity index (χ1) is 15.5. The summed E-state index contributed by atoms with van der Waals surface area (Å²) in [5, 5.41) is 0.238. The van der Waals surface area contributed by atoms with Crippen molar-refractivity contribution in [3.05, 3.63) is 23.6 Å². The highest BCUT2D eigenvalue weighted by Gasteiger charge is 2.58. The number of nitrogen functional groups attached to an aromatic ring is 1. The zero-order valence-corrected chi connectivity index (χ0v) is 25.0. The quantitative estimate of drug-likeness (QED) is 0.289. The third-order valence-corrected chi connectivity index (χ3v) is 8.36. The van der Waals surface area contributed by atoms with Gasteiger partial charge in [0.1, 0.15) is 5.52 Å². The number of rotatable bonds is 6. The Morgan fingerprint density at radius 2 is 1.76 bits per heavy atom. The van der Waals surface area contributed by atoms with Gasteiger partial charge in [0.25, 0.3) is 0 Å². The Morgan fingerprint density at radius 1 is 1.15 bits per heavy atom. The van der Waals surface area contributed by atoms with E-state index < -0.39 is 23.8 Å². The summed E-state index contributed by atoms with van der Waals surface area (Å²) in [6.07, 6.45) is 2.50. The Kier molecular flexibility index (Phi) is 7.48. The van der Waals surface area contributed by atoms with Crippen LogP contribution >= 0.6 is 11.6 Å². The lowest BCUT2D eigenvalue weighted by Crippen LogP contribution is -2.45. The molecule has 0 spiro atoms. The maximum Gasteiger partial charge on any atom is 0.223 e. The van der Waals surface area contributed by atoms with Crippen LogP contribution in [0.25, 0.3) is 11.2 Å². The molecule has 2 N–H and O–H groups in total. The van der Waals surface area contributed by atoms with Crippen molar-refractivity contribution < 1.29 is 8.85 Å². The van der Waals surface area contributed by atoms with Crippen LogP contribution < -0.4 is 5.73 Å². The number of nitrogens with two attached hydrogens (primary N) is 1. The number of anilines is 1. The average molecular weight is 522 g/mol. The highest BCUT2D eigenvalue weighted by molar-refractivity contribution is 6.48. The van der Waals surface area contributed by atoms with E-state index in [1.807, 2.05) is 4.57 Å². The topological polar surface area (TPSA) is 88.1 Å². The number of nitrogens with zero attached hydrogens (tertiary/aromatic N) is 4. The fourth-order valence-corrected chi connectivity index (χ4v) is 7.45. The second kappa shape index (κ2) is 9.31. The van der Waals surface area contributed by atoms with Crippen LogP contribution in [0.2, 0.25) is 31.3 Å². The zero-order valence-electron chi connectivity index (χ0n) is 22.3. The SMILES string of the molecule is C=C1[C@H](C(O[Si](C)C)C(C)(C)C)[C@@H](C(C)(C)C)C[C@@]1(O[Si](C)C)n1cnc2c(Cl)nc(N)nc21. The molecule has 4 atom stereocenters. The third-order valence-electron chi connectivity index (χ3n) is 6.62. The zero-order chi connectivity index (χ0) is 25.8. The summed E-state index contributed by atoms with van der Waals surface area (Å²) in [5.41, 5.74) is 7.19. The summed E-state index contributed by atoms with van der Waals surface area (Å²) in [6, 6.07) is 0. The van der Waals surface area contributed by atoms with E-state index in [1.54, 1.807) is 6.33 Å². The first-order valence-corrected chi connectivity index (χ1v) is 17.0. The fourth-order valence-electron chi connectivity index (χ4n) is 5.23. The minimum Gasteiger partial charge on any atom is -0.413 e. The number of fused-ring (bicyclic) bond motifs is 1. The summed E-state index contributed by atoms with van der Waals surface area (Å²) >= 11 is 6.39.